The third-order valence-electron chi connectivity index (χ3n) is 3.02. The molecule has 21 heavy (non-hydrogen) atoms. The van der Waals surface area contributed by atoms with Crippen LogP contribution < -0.4 is 20.5 Å². The molecule has 2 heterocycles. The summed E-state index contributed by atoms with van der Waals surface area (Å²) in [6, 6.07) is 5.62. The van der Waals surface area contributed by atoms with Gasteiger partial charge < -0.3 is 20.5 Å². The number of nitrogens with two attached hydrogens (primary N) is 1. The molecule has 1 amide bonds. The van der Waals surface area contributed by atoms with Gasteiger partial charge >= 0.3 is 0 Å². The highest BCUT2D eigenvalue weighted by Gasteiger charge is 2.16. The fourth-order valence-electron chi connectivity index (χ4n) is 1.93. The van der Waals surface area contributed by atoms with Crippen LogP contribution in [0.5, 0.6) is 11.5 Å². The van der Waals surface area contributed by atoms with Gasteiger partial charge in [0.15, 0.2) is 11.5 Å². The van der Waals surface area contributed by atoms with Crippen LogP contribution in [0, 0.1) is 0 Å². The topological polar surface area (TPSA) is 86.5 Å². The Morgan fingerprint density at radius 2 is 2.24 bits per heavy atom. The number of thiazole rings is 1. The number of carbonyl (C=O) groups is 1. The molecule has 1 aliphatic rings. The molecule has 0 saturated heterocycles. The SMILES string of the molecule is NCCCNC(=O)c1cnc(-c2ccc3c(c2)OCO3)s1. The number of nitrogens with one attached hydrogen (secondary N) is 1. The lowest BCUT2D eigenvalue weighted by molar-refractivity contribution is 0.0957. The average Bonchev–Trinajstić information content (AvgIpc) is 3.15. The molecule has 0 unspecified atom stereocenters. The number of aromatic nitrogens is 1. The molecule has 3 rings (SSSR count). The van der Waals surface area contributed by atoms with E-state index in [0.717, 1.165) is 22.7 Å². The Morgan fingerprint density at radius 3 is 3.10 bits per heavy atom. The molecule has 6 nitrogen and oxygen atoms in total. The molecule has 0 spiro atoms. The van der Waals surface area contributed by atoms with Crippen molar-refractivity contribution in [2.45, 2.75) is 6.42 Å². The van der Waals surface area contributed by atoms with Crippen molar-refractivity contribution in [3.8, 4) is 22.1 Å². The first-order valence-electron chi connectivity index (χ1n) is 6.62. The van der Waals surface area contributed by atoms with Gasteiger partial charge in [-0.1, -0.05) is 0 Å². The summed E-state index contributed by atoms with van der Waals surface area (Å²) in [7, 11) is 0. The molecule has 0 fully saturated rings. The standard InChI is InChI=1S/C14H15N3O3S/c15-4-1-5-16-13(18)12-7-17-14(21-12)9-2-3-10-11(6-9)20-8-19-10/h2-3,6-7H,1,4-5,8,15H2,(H,16,18). The van der Waals surface area contributed by atoms with Gasteiger partial charge in [-0.25, -0.2) is 4.98 Å². The van der Waals surface area contributed by atoms with E-state index in [1.165, 1.54) is 11.3 Å². The van der Waals surface area contributed by atoms with Crippen molar-refractivity contribution in [1.82, 2.24) is 10.3 Å². The molecule has 0 aliphatic carbocycles. The minimum Gasteiger partial charge on any atom is -0.454 e. The predicted octanol–water partition coefficient (Wildman–Crippen LogP) is 1.62. The predicted molar refractivity (Wildman–Crippen MR) is 79.7 cm³/mol. The molecule has 1 aromatic heterocycles. The summed E-state index contributed by atoms with van der Waals surface area (Å²) >= 11 is 1.35. The summed E-state index contributed by atoms with van der Waals surface area (Å²) in [5.74, 6) is 1.32. The largest absolute Gasteiger partial charge is 0.454 e. The summed E-state index contributed by atoms with van der Waals surface area (Å²) in [5.41, 5.74) is 6.30. The first-order chi connectivity index (χ1) is 10.3. The Hall–Kier alpha value is -2.12. The number of benzene rings is 1. The van der Waals surface area contributed by atoms with Crippen molar-refractivity contribution >= 4 is 17.2 Å². The molecule has 7 heteroatoms. The minimum atomic E-state index is -0.118. The Balaban J connectivity index is 1.74. The van der Waals surface area contributed by atoms with Gasteiger partial charge in [-0.3, -0.25) is 4.79 Å². The second-order valence-electron chi connectivity index (χ2n) is 4.50. The van der Waals surface area contributed by atoms with E-state index in [4.69, 9.17) is 15.2 Å². The van der Waals surface area contributed by atoms with Crippen LogP contribution in [0.15, 0.2) is 24.4 Å². The molecule has 1 aromatic carbocycles. The Morgan fingerprint density at radius 1 is 1.38 bits per heavy atom. The van der Waals surface area contributed by atoms with Crippen molar-refractivity contribution in [2.75, 3.05) is 19.9 Å². The van der Waals surface area contributed by atoms with E-state index in [-0.39, 0.29) is 12.7 Å². The van der Waals surface area contributed by atoms with E-state index in [9.17, 15) is 4.79 Å². The number of rotatable bonds is 5. The molecule has 2 aromatic rings. The van der Waals surface area contributed by atoms with Crippen LogP contribution in [-0.4, -0.2) is 30.8 Å². The van der Waals surface area contributed by atoms with Crippen molar-refractivity contribution in [3.63, 3.8) is 0 Å². The first kappa shape index (κ1) is 13.8. The molecule has 3 N–H and O–H groups in total. The second-order valence-corrected chi connectivity index (χ2v) is 5.53. The van der Waals surface area contributed by atoms with Crippen LogP contribution in [0.2, 0.25) is 0 Å². The number of ether oxygens (including phenoxy) is 2. The highest BCUT2D eigenvalue weighted by molar-refractivity contribution is 7.16. The Kier molecular flexibility index (Phi) is 4.03. The van der Waals surface area contributed by atoms with Crippen molar-refractivity contribution in [2.24, 2.45) is 5.73 Å². The number of amides is 1. The molecule has 0 radical (unpaired) electrons. The van der Waals surface area contributed by atoms with Crippen LogP contribution >= 0.6 is 11.3 Å². The summed E-state index contributed by atoms with van der Waals surface area (Å²) in [5, 5.41) is 3.59. The summed E-state index contributed by atoms with van der Waals surface area (Å²) in [6.07, 6.45) is 2.35. The molecule has 0 bridgehead atoms. The van der Waals surface area contributed by atoms with Crippen LogP contribution in [0.3, 0.4) is 0 Å². The normalized spacial score (nSPS) is 12.4. The molecule has 110 valence electrons. The van der Waals surface area contributed by atoms with Crippen molar-refractivity contribution in [3.05, 3.63) is 29.3 Å². The van der Waals surface area contributed by atoms with Gasteiger partial charge in [0.25, 0.3) is 5.91 Å². The van der Waals surface area contributed by atoms with Crippen LogP contribution in [0.25, 0.3) is 10.6 Å². The van der Waals surface area contributed by atoms with Gasteiger partial charge in [0.2, 0.25) is 6.79 Å². The smallest absolute Gasteiger partial charge is 0.263 e. The van der Waals surface area contributed by atoms with E-state index >= 15 is 0 Å². The lowest BCUT2D eigenvalue weighted by Gasteiger charge is -2.01. The molecule has 1 aliphatic heterocycles. The monoisotopic (exact) mass is 305 g/mol. The number of carbonyl (C=O) groups excluding carboxylic acids is 1. The summed E-state index contributed by atoms with van der Waals surface area (Å²) in [4.78, 5) is 16.8. The van der Waals surface area contributed by atoms with Gasteiger partial charge in [-0.05, 0) is 31.2 Å². The summed E-state index contributed by atoms with van der Waals surface area (Å²) in [6.45, 7) is 1.38. The van der Waals surface area contributed by atoms with E-state index in [2.05, 4.69) is 10.3 Å². The Bertz CT molecular complexity index is 657. The maximum absolute atomic E-state index is 11.9. The second kappa shape index (κ2) is 6.11. The first-order valence-corrected chi connectivity index (χ1v) is 7.43. The quantitative estimate of drug-likeness (QED) is 0.820. The number of nitrogens with zero attached hydrogens (tertiary/aromatic N) is 1. The highest BCUT2D eigenvalue weighted by atomic mass is 32.1. The zero-order chi connectivity index (χ0) is 14.7. The molecular formula is C14H15N3O3S. The maximum Gasteiger partial charge on any atom is 0.263 e. The van der Waals surface area contributed by atoms with E-state index < -0.39 is 0 Å². The van der Waals surface area contributed by atoms with Gasteiger partial charge in [-0.2, -0.15) is 0 Å². The van der Waals surface area contributed by atoms with Crippen LogP contribution in [-0.2, 0) is 0 Å². The Labute approximate surface area is 125 Å². The van der Waals surface area contributed by atoms with Crippen LogP contribution in [0.1, 0.15) is 16.1 Å². The minimum absolute atomic E-state index is 0.118. The summed E-state index contributed by atoms with van der Waals surface area (Å²) < 4.78 is 10.6. The van der Waals surface area contributed by atoms with Crippen molar-refractivity contribution in [1.29, 1.82) is 0 Å². The van der Waals surface area contributed by atoms with E-state index in [0.29, 0.717) is 23.7 Å². The maximum atomic E-state index is 11.9. The molecular weight excluding hydrogens is 290 g/mol. The van der Waals surface area contributed by atoms with Gasteiger partial charge in [-0.15, -0.1) is 11.3 Å². The molecule has 0 saturated carbocycles. The number of hydrogen-bond acceptors (Lipinski definition) is 6. The molecule has 0 atom stereocenters. The van der Waals surface area contributed by atoms with E-state index in [1.54, 1.807) is 6.20 Å². The number of fused-ring (bicyclic) bond motifs is 1. The lowest BCUT2D eigenvalue weighted by atomic mass is 10.2. The van der Waals surface area contributed by atoms with Crippen molar-refractivity contribution < 1.29 is 14.3 Å². The van der Waals surface area contributed by atoms with Gasteiger partial charge in [0.05, 0.1) is 6.20 Å². The zero-order valence-electron chi connectivity index (χ0n) is 11.3. The fraction of sp³-hybridized carbons (Fsp3) is 0.286. The van der Waals surface area contributed by atoms with Gasteiger partial charge in [0, 0.05) is 12.1 Å². The number of hydrogen-bond donors (Lipinski definition) is 2. The van der Waals surface area contributed by atoms with Gasteiger partial charge in [0.1, 0.15) is 9.88 Å². The van der Waals surface area contributed by atoms with E-state index in [1.807, 2.05) is 18.2 Å². The average molecular weight is 305 g/mol. The third kappa shape index (κ3) is 2.98. The third-order valence-corrected chi connectivity index (χ3v) is 4.06. The fourth-order valence-corrected chi connectivity index (χ4v) is 2.76. The zero-order valence-corrected chi connectivity index (χ0v) is 12.1. The van der Waals surface area contributed by atoms with Crippen LogP contribution in [0.4, 0.5) is 0 Å². The lowest BCUT2D eigenvalue weighted by Crippen LogP contribution is -2.25. The highest BCUT2D eigenvalue weighted by Crippen LogP contribution is 2.36.